The van der Waals surface area contributed by atoms with Gasteiger partial charge in [-0.05, 0) is 95.7 Å². The summed E-state index contributed by atoms with van der Waals surface area (Å²) in [6.07, 6.45) is 6.46. The number of nitrogens with zero attached hydrogens (tertiary/aromatic N) is 1. The Kier molecular flexibility index (Phi) is 6.50. The van der Waals surface area contributed by atoms with Crippen LogP contribution in [-0.4, -0.2) is 17.1 Å². The molecule has 0 spiro atoms. The van der Waals surface area contributed by atoms with Gasteiger partial charge in [0.05, 0.1) is 12.2 Å². The van der Waals surface area contributed by atoms with Crippen LogP contribution in [0.2, 0.25) is 0 Å². The van der Waals surface area contributed by atoms with Gasteiger partial charge in [-0.15, -0.1) is 11.8 Å². The first kappa shape index (κ1) is 22.4. The van der Waals surface area contributed by atoms with Gasteiger partial charge in [0.25, 0.3) is 5.91 Å². The van der Waals surface area contributed by atoms with E-state index in [2.05, 4.69) is 71.8 Å². The maximum Gasteiger partial charge on any atom is 0.251 e. The summed E-state index contributed by atoms with van der Waals surface area (Å²) in [6, 6.07) is 27.5. The molecule has 1 aromatic heterocycles. The Labute approximate surface area is 205 Å². The number of benzene rings is 3. The van der Waals surface area contributed by atoms with E-state index in [0.29, 0.717) is 12.1 Å². The summed E-state index contributed by atoms with van der Waals surface area (Å²) in [5, 5.41) is 3.01. The van der Waals surface area contributed by atoms with Gasteiger partial charge in [0.15, 0.2) is 0 Å². The van der Waals surface area contributed by atoms with Crippen LogP contribution in [0, 0.1) is 6.92 Å². The molecule has 3 nitrogen and oxygen atoms in total. The maximum atomic E-state index is 12.7. The van der Waals surface area contributed by atoms with Crippen LogP contribution >= 0.6 is 11.8 Å². The van der Waals surface area contributed by atoms with E-state index in [1.807, 2.05) is 36.7 Å². The average Bonchev–Trinajstić information content (AvgIpc) is 3.74. The van der Waals surface area contributed by atoms with Gasteiger partial charge in [-0.3, -0.25) is 9.78 Å². The third-order valence-electron chi connectivity index (χ3n) is 6.38. The fourth-order valence-corrected chi connectivity index (χ4v) is 4.89. The summed E-state index contributed by atoms with van der Waals surface area (Å²) < 4.78 is 0. The predicted octanol–water partition coefficient (Wildman–Crippen LogP) is 7.25. The number of rotatable bonds is 7. The highest BCUT2D eigenvalue weighted by atomic mass is 32.2. The van der Waals surface area contributed by atoms with Crippen molar-refractivity contribution in [2.75, 3.05) is 6.26 Å². The zero-order valence-electron chi connectivity index (χ0n) is 19.5. The summed E-state index contributed by atoms with van der Waals surface area (Å²) in [4.78, 5) is 18.3. The number of aromatic nitrogens is 1. The molecule has 0 bridgehead atoms. The minimum Gasteiger partial charge on any atom is -0.346 e. The molecule has 4 aromatic rings. The number of carbonyl (C=O) groups excluding carboxylic acids is 1. The highest BCUT2D eigenvalue weighted by molar-refractivity contribution is 7.98. The second-order valence-electron chi connectivity index (χ2n) is 8.88. The molecule has 1 fully saturated rings. The Bertz CT molecular complexity index is 1340. The van der Waals surface area contributed by atoms with Gasteiger partial charge in [0, 0.05) is 16.7 Å². The maximum absolute atomic E-state index is 12.7. The van der Waals surface area contributed by atoms with Crippen molar-refractivity contribution in [3.8, 4) is 22.3 Å². The van der Waals surface area contributed by atoms with E-state index in [-0.39, 0.29) is 5.91 Å². The molecule has 34 heavy (non-hydrogen) atoms. The zero-order valence-corrected chi connectivity index (χ0v) is 20.4. The fraction of sp³-hybridized carbons (Fsp3) is 0.200. The zero-order chi connectivity index (χ0) is 23.5. The Balaban J connectivity index is 1.32. The fourth-order valence-electron chi connectivity index (χ4n) is 4.26. The molecule has 4 heteroatoms. The van der Waals surface area contributed by atoms with Crippen LogP contribution in [0.3, 0.4) is 0 Å². The second kappa shape index (κ2) is 9.86. The number of pyridine rings is 1. The minimum atomic E-state index is -0.0833. The van der Waals surface area contributed by atoms with Crippen molar-refractivity contribution in [1.29, 1.82) is 0 Å². The van der Waals surface area contributed by atoms with Crippen molar-refractivity contribution in [2.24, 2.45) is 0 Å². The van der Waals surface area contributed by atoms with Crippen molar-refractivity contribution in [2.45, 2.75) is 37.1 Å². The lowest BCUT2D eigenvalue weighted by Gasteiger charge is -2.10. The number of thioether (sulfide) groups is 1. The first-order valence-corrected chi connectivity index (χ1v) is 12.9. The van der Waals surface area contributed by atoms with Crippen LogP contribution < -0.4 is 5.32 Å². The summed E-state index contributed by atoms with van der Waals surface area (Å²) >= 11 is 1.65. The van der Waals surface area contributed by atoms with Gasteiger partial charge in [0.1, 0.15) is 0 Å². The Morgan fingerprint density at radius 2 is 1.62 bits per heavy atom. The molecule has 1 heterocycles. The summed E-state index contributed by atoms with van der Waals surface area (Å²) in [5.41, 5.74) is 8.86. The van der Waals surface area contributed by atoms with Crippen molar-refractivity contribution < 1.29 is 4.79 Å². The van der Waals surface area contributed by atoms with Gasteiger partial charge in [-0.1, -0.05) is 48.5 Å². The lowest BCUT2D eigenvalue weighted by Crippen LogP contribution is -2.23. The van der Waals surface area contributed by atoms with Crippen molar-refractivity contribution in [3.63, 3.8) is 0 Å². The molecule has 0 aliphatic heterocycles. The summed E-state index contributed by atoms with van der Waals surface area (Å²) in [7, 11) is 0. The Morgan fingerprint density at radius 3 is 2.35 bits per heavy atom. The van der Waals surface area contributed by atoms with E-state index in [9.17, 15) is 4.79 Å². The molecule has 5 rings (SSSR count). The van der Waals surface area contributed by atoms with Gasteiger partial charge in [-0.2, -0.15) is 0 Å². The number of hydrogen-bond acceptors (Lipinski definition) is 3. The van der Waals surface area contributed by atoms with Crippen molar-refractivity contribution >= 4 is 17.7 Å². The number of carbonyl (C=O) groups is 1. The molecule has 0 atom stereocenters. The standard InChI is InChI=1S/C30H28N2OS/c1-20-9-10-27(18-29(20)34-2)30(33)32-19-28-17-26(13-14-31-28)25-8-4-7-24(16-25)23-6-3-5-22(15-23)21-11-12-21/h3-10,13-18,21H,11-12,19H2,1-2H3,(H,32,33). The van der Waals surface area contributed by atoms with E-state index in [0.717, 1.165) is 27.6 Å². The molecular weight excluding hydrogens is 436 g/mol. The van der Waals surface area contributed by atoms with E-state index in [4.69, 9.17) is 0 Å². The van der Waals surface area contributed by atoms with Crippen LogP contribution in [0.25, 0.3) is 22.3 Å². The molecule has 0 saturated heterocycles. The molecule has 3 aromatic carbocycles. The van der Waals surface area contributed by atoms with E-state index in [1.54, 1.807) is 11.8 Å². The molecular formula is C30H28N2OS. The highest BCUT2D eigenvalue weighted by Gasteiger charge is 2.23. The van der Waals surface area contributed by atoms with Gasteiger partial charge < -0.3 is 5.32 Å². The largest absolute Gasteiger partial charge is 0.346 e. The first-order chi connectivity index (χ1) is 16.6. The number of aryl methyl sites for hydroxylation is 1. The quantitative estimate of drug-likeness (QED) is 0.293. The Hall–Kier alpha value is -3.37. The SMILES string of the molecule is CSc1cc(C(=O)NCc2cc(-c3cccc(-c4cccc(C5CC5)c4)c3)ccn2)ccc1C. The monoisotopic (exact) mass is 464 g/mol. The average molecular weight is 465 g/mol. The first-order valence-electron chi connectivity index (χ1n) is 11.7. The number of nitrogens with one attached hydrogen (secondary N) is 1. The molecule has 0 unspecified atom stereocenters. The summed E-state index contributed by atoms with van der Waals surface area (Å²) in [5.74, 6) is 0.661. The van der Waals surface area contributed by atoms with Crippen LogP contribution in [0.4, 0.5) is 0 Å². The lowest BCUT2D eigenvalue weighted by atomic mass is 9.97. The normalized spacial score (nSPS) is 13.0. The van der Waals surface area contributed by atoms with Crippen LogP contribution in [0.1, 0.15) is 45.9 Å². The molecule has 1 N–H and O–H groups in total. The van der Waals surface area contributed by atoms with E-state index < -0.39 is 0 Å². The smallest absolute Gasteiger partial charge is 0.251 e. The topological polar surface area (TPSA) is 42.0 Å². The van der Waals surface area contributed by atoms with Crippen LogP contribution in [-0.2, 0) is 6.54 Å². The van der Waals surface area contributed by atoms with Gasteiger partial charge in [0.2, 0.25) is 0 Å². The van der Waals surface area contributed by atoms with E-state index >= 15 is 0 Å². The van der Waals surface area contributed by atoms with Gasteiger partial charge >= 0.3 is 0 Å². The highest BCUT2D eigenvalue weighted by Crippen LogP contribution is 2.41. The molecule has 1 aliphatic carbocycles. The van der Waals surface area contributed by atoms with Gasteiger partial charge in [-0.25, -0.2) is 0 Å². The predicted molar refractivity (Wildman–Crippen MR) is 141 cm³/mol. The van der Waals surface area contributed by atoms with E-state index in [1.165, 1.54) is 35.1 Å². The Morgan fingerprint density at radius 1 is 0.912 bits per heavy atom. The number of amides is 1. The molecule has 170 valence electrons. The molecule has 1 amide bonds. The molecule has 1 aliphatic rings. The van der Waals surface area contributed by atoms with Crippen molar-refractivity contribution in [3.05, 3.63) is 107 Å². The molecule has 1 saturated carbocycles. The van der Waals surface area contributed by atoms with Crippen LogP contribution in [0.15, 0.2) is 90.0 Å². The molecule has 0 radical (unpaired) electrons. The van der Waals surface area contributed by atoms with Crippen LogP contribution in [0.5, 0.6) is 0 Å². The third kappa shape index (κ3) is 5.07. The van der Waals surface area contributed by atoms with Crippen molar-refractivity contribution in [1.82, 2.24) is 10.3 Å². The minimum absolute atomic E-state index is 0.0833. The number of hydrogen-bond donors (Lipinski definition) is 1. The second-order valence-corrected chi connectivity index (χ2v) is 9.73. The summed E-state index contributed by atoms with van der Waals surface area (Å²) in [6.45, 7) is 2.44. The third-order valence-corrected chi connectivity index (χ3v) is 7.26. The lowest BCUT2D eigenvalue weighted by molar-refractivity contribution is 0.0950.